The Labute approximate surface area is 277 Å². The number of nitrogens with zero attached hydrogens (tertiary/aromatic N) is 1. The molecule has 5 nitrogen and oxygen atoms in total. The number of carbonyl (C=O) groups excluding carboxylic acids is 1. The lowest BCUT2D eigenvalue weighted by Gasteiger charge is -2.71. The molecule has 7 aliphatic rings. The van der Waals surface area contributed by atoms with Crippen LogP contribution in [-0.2, 0) is 20.7 Å². The van der Waals surface area contributed by atoms with E-state index in [1.807, 2.05) is 0 Å². The normalized spacial score (nSPS) is 47.1. The highest BCUT2D eigenvalue weighted by molar-refractivity contribution is 7.91. The van der Waals surface area contributed by atoms with Crippen LogP contribution >= 0.6 is 0 Å². The Bertz CT molecular complexity index is 1190. The van der Waals surface area contributed by atoms with E-state index in [1.165, 1.54) is 76.9 Å². The second-order valence-corrected chi connectivity index (χ2v) is 19.1. The molecular weight excluding hydrogens is 577 g/mol. The van der Waals surface area contributed by atoms with Crippen molar-refractivity contribution < 1.29 is 14.1 Å². The first-order valence-corrected chi connectivity index (χ1v) is 20.3. The molecule has 7 rings (SSSR count). The molecule has 0 spiro atoms. The lowest BCUT2D eigenvalue weighted by atomic mass is 9.34. The minimum atomic E-state index is -0.589. The van der Waals surface area contributed by atoms with Crippen LogP contribution in [-0.4, -0.2) is 65.8 Å². The van der Waals surface area contributed by atoms with Crippen molar-refractivity contribution in [3.8, 4) is 0 Å². The van der Waals surface area contributed by atoms with Gasteiger partial charge in [0.05, 0.1) is 13.0 Å². The van der Waals surface area contributed by atoms with Crippen molar-refractivity contribution in [2.24, 2.45) is 51.8 Å². The molecule has 10 atom stereocenters. The first-order valence-electron chi connectivity index (χ1n) is 18.8. The summed E-state index contributed by atoms with van der Waals surface area (Å²) in [6, 6.07) is 0. The van der Waals surface area contributed by atoms with Crippen LogP contribution in [0.4, 0.5) is 0 Å². The van der Waals surface area contributed by atoms with Crippen LogP contribution in [0.3, 0.4) is 0 Å². The molecule has 5 fully saturated rings. The third-order valence-corrected chi connectivity index (χ3v) is 17.3. The largest absolute Gasteiger partial charge is 0.616 e. The summed E-state index contributed by atoms with van der Waals surface area (Å²) in [4.78, 5) is 14.7. The molecule has 8 unspecified atom stereocenters. The van der Waals surface area contributed by atoms with Crippen molar-refractivity contribution in [3.05, 3.63) is 23.3 Å². The zero-order valence-electron chi connectivity index (χ0n) is 29.1. The number of ether oxygens (including phenoxy) is 1. The summed E-state index contributed by atoms with van der Waals surface area (Å²) in [7, 11) is 1.52. The van der Waals surface area contributed by atoms with Gasteiger partial charge in [-0.05, 0) is 134 Å². The van der Waals surface area contributed by atoms with Gasteiger partial charge in [0, 0.05) is 31.7 Å². The average Bonchev–Trinajstić information content (AvgIpc) is 3.46. The van der Waals surface area contributed by atoms with Gasteiger partial charge in [0.1, 0.15) is 11.5 Å². The van der Waals surface area contributed by atoms with Gasteiger partial charge in [-0.25, -0.2) is 0 Å². The third-order valence-electron chi connectivity index (χ3n) is 16.0. The summed E-state index contributed by atoms with van der Waals surface area (Å²) < 4.78 is 16.9. The summed E-state index contributed by atoms with van der Waals surface area (Å²) in [6.07, 6.45) is 21.6. The van der Waals surface area contributed by atoms with Crippen molar-refractivity contribution in [3.63, 3.8) is 0 Å². The van der Waals surface area contributed by atoms with Crippen LogP contribution in [0.5, 0.6) is 0 Å². The Morgan fingerprint density at radius 2 is 1.78 bits per heavy atom. The van der Waals surface area contributed by atoms with Crippen LogP contribution in [0.15, 0.2) is 23.3 Å². The van der Waals surface area contributed by atoms with E-state index in [9.17, 15) is 9.35 Å². The highest BCUT2D eigenvalue weighted by Gasteiger charge is 2.68. The molecule has 45 heavy (non-hydrogen) atoms. The monoisotopic (exact) mass is 638 g/mol. The smallest absolute Gasteiger partial charge is 0.308 e. The Kier molecular flexibility index (Phi) is 8.91. The first-order chi connectivity index (χ1) is 21.5. The topological polar surface area (TPSA) is 64.6 Å². The molecule has 0 aromatic rings. The number of esters is 1. The molecule has 0 amide bonds. The molecule has 1 N–H and O–H groups in total. The number of methoxy groups -OCH3 is 1. The first kappa shape index (κ1) is 32.7. The van der Waals surface area contributed by atoms with Gasteiger partial charge in [-0.3, -0.25) is 9.69 Å². The Morgan fingerprint density at radius 3 is 2.51 bits per heavy atom. The van der Waals surface area contributed by atoms with Crippen molar-refractivity contribution in [1.82, 2.24) is 10.2 Å². The number of allylic oxidation sites excluding steroid dienone is 4. The number of nitrogens with one attached hydrogen (secondary N) is 1. The van der Waals surface area contributed by atoms with E-state index in [-0.39, 0.29) is 11.9 Å². The lowest BCUT2D eigenvalue weighted by Crippen LogP contribution is -2.67. The van der Waals surface area contributed by atoms with Crippen molar-refractivity contribution in [2.75, 3.05) is 44.8 Å². The van der Waals surface area contributed by atoms with Gasteiger partial charge in [0.25, 0.3) is 0 Å². The Morgan fingerprint density at radius 1 is 0.978 bits per heavy atom. The highest BCUT2D eigenvalue weighted by atomic mass is 32.2. The van der Waals surface area contributed by atoms with Gasteiger partial charge in [0.2, 0.25) is 0 Å². The summed E-state index contributed by atoms with van der Waals surface area (Å²) in [5.41, 5.74) is 4.73. The van der Waals surface area contributed by atoms with Crippen molar-refractivity contribution >= 4 is 17.1 Å². The van der Waals surface area contributed by atoms with Crippen molar-refractivity contribution in [2.45, 2.75) is 117 Å². The molecule has 0 bridgehead atoms. The van der Waals surface area contributed by atoms with E-state index in [4.69, 9.17) is 4.74 Å². The van der Waals surface area contributed by atoms with Gasteiger partial charge in [-0.15, -0.1) is 0 Å². The SMILES string of the molecule is COC(=O)C1CC=C(C2=CCC3(C)C(CCC4(C)C3CCC3[C@H]5CCCC5(NCCN5CC[S+]([O-])CC5)CC[C@]34C)C2C)CC1. The molecule has 1 aliphatic heterocycles. The van der Waals surface area contributed by atoms with Crippen molar-refractivity contribution in [1.29, 1.82) is 0 Å². The summed E-state index contributed by atoms with van der Waals surface area (Å²) in [5, 5.41) is 4.24. The molecule has 6 aliphatic carbocycles. The van der Waals surface area contributed by atoms with Gasteiger partial charge in [-0.1, -0.05) is 57.4 Å². The lowest BCUT2D eigenvalue weighted by molar-refractivity contribution is -0.212. The zero-order valence-corrected chi connectivity index (χ0v) is 30.0. The van der Waals surface area contributed by atoms with E-state index in [0.29, 0.717) is 27.7 Å². The maximum atomic E-state index is 12.1. The maximum Gasteiger partial charge on any atom is 0.308 e. The quantitative estimate of drug-likeness (QED) is 0.245. The Balaban J connectivity index is 1.06. The van der Waals surface area contributed by atoms with E-state index < -0.39 is 11.2 Å². The maximum absolute atomic E-state index is 12.1. The molecular formula is C39H62N2O3S. The van der Waals surface area contributed by atoms with Crippen LogP contribution in [0.2, 0.25) is 0 Å². The molecule has 252 valence electrons. The number of hydrogen-bond acceptors (Lipinski definition) is 5. The third kappa shape index (κ3) is 5.24. The van der Waals surface area contributed by atoms with Crippen LogP contribution in [0.1, 0.15) is 111 Å². The fourth-order valence-corrected chi connectivity index (χ4v) is 14.5. The van der Waals surface area contributed by atoms with Gasteiger partial charge in [-0.2, -0.15) is 0 Å². The molecule has 1 heterocycles. The summed E-state index contributed by atoms with van der Waals surface area (Å²) in [6.45, 7) is 15.0. The van der Waals surface area contributed by atoms with Gasteiger partial charge >= 0.3 is 5.97 Å². The highest BCUT2D eigenvalue weighted by Crippen LogP contribution is 2.75. The van der Waals surface area contributed by atoms with E-state index in [0.717, 1.165) is 80.6 Å². The molecule has 1 saturated heterocycles. The number of fused-ring (bicyclic) bond motifs is 7. The summed E-state index contributed by atoms with van der Waals surface area (Å²) >= 11 is -0.589. The fourth-order valence-electron chi connectivity index (χ4n) is 13.4. The Hall–Kier alpha value is -0.820. The van der Waals surface area contributed by atoms with Crippen LogP contribution < -0.4 is 5.32 Å². The van der Waals surface area contributed by atoms with Gasteiger partial charge in [0.15, 0.2) is 0 Å². The standard InChI is InChI=1S/C39H62N2O3S/c1-27-30(28-8-10-29(11-9-28)35(42)44-5)14-17-36(2)31(27)15-18-38(4)34(36)13-12-32-33-7-6-16-39(33,20-19-37(32,38)3)40-21-22-41-23-25-45(43)26-24-41/h8,14,27,29,31-34,40H,6-7,9-13,15-26H2,1-5H3/t27?,29?,31?,32?,33-,34?,36?,37-,38?,39?/m1/s1. The number of carbonyl (C=O) groups is 1. The molecule has 0 radical (unpaired) electrons. The molecule has 0 aromatic heterocycles. The molecule has 4 saturated carbocycles. The number of rotatable bonds is 6. The fraction of sp³-hybridized carbons (Fsp3) is 0.872. The van der Waals surface area contributed by atoms with Gasteiger partial charge < -0.3 is 14.6 Å². The zero-order chi connectivity index (χ0) is 31.6. The molecule has 0 aromatic carbocycles. The van der Waals surface area contributed by atoms with E-state index in [1.54, 1.807) is 5.57 Å². The minimum Gasteiger partial charge on any atom is -0.616 e. The van der Waals surface area contributed by atoms with E-state index in [2.05, 4.69) is 50.1 Å². The average molecular weight is 639 g/mol. The summed E-state index contributed by atoms with van der Waals surface area (Å²) in [5.74, 6) is 5.58. The van der Waals surface area contributed by atoms with Crippen LogP contribution in [0.25, 0.3) is 0 Å². The number of hydrogen-bond donors (Lipinski definition) is 1. The second-order valence-electron chi connectivity index (χ2n) is 17.4. The van der Waals surface area contributed by atoms with E-state index >= 15 is 0 Å². The van der Waals surface area contributed by atoms with Crippen LogP contribution in [0, 0.1) is 51.8 Å². The molecule has 6 heteroatoms. The minimum absolute atomic E-state index is 0.0373. The second kappa shape index (κ2) is 12.3. The predicted molar refractivity (Wildman–Crippen MR) is 184 cm³/mol. The predicted octanol–water partition coefficient (Wildman–Crippen LogP) is 7.29.